The lowest BCUT2D eigenvalue weighted by molar-refractivity contribution is -0.137. The Balaban J connectivity index is 2.03. The number of benzene rings is 1. The first-order chi connectivity index (χ1) is 13.7. The maximum absolute atomic E-state index is 12.3. The fraction of sp³-hybridized carbons (Fsp3) is 0.364. The molecule has 0 aliphatic heterocycles. The number of esters is 1. The minimum Gasteiger partial charge on any atom is -0.485 e. The third kappa shape index (κ3) is 6.39. The molecule has 29 heavy (non-hydrogen) atoms. The smallest absolute Gasteiger partial charge is 0.332 e. The second kappa shape index (κ2) is 10.2. The first kappa shape index (κ1) is 22.6. The number of carbonyl (C=O) groups excluding carboxylic acids is 2. The highest BCUT2D eigenvalue weighted by Gasteiger charge is 2.15. The molecule has 0 spiro atoms. The lowest BCUT2D eigenvalue weighted by Crippen LogP contribution is -2.21. The van der Waals surface area contributed by atoms with Gasteiger partial charge in [0.15, 0.2) is 5.76 Å². The van der Waals surface area contributed by atoms with Gasteiger partial charge in [-0.15, -0.1) is 0 Å². The van der Waals surface area contributed by atoms with Crippen LogP contribution in [0, 0.1) is 6.92 Å². The summed E-state index contributed by atoms with van der Waals surface area (Å²) in [5, 5.41) is 3.28. The Morgan fingerprint density at radius 2 is 2.00 bits per heavy atom. The molecule has 1 aromatic carbocycles. The van der Waals surface area contributed by atoms with Gasteiger partial charge < -0.3 is 19.2 Å². The molecule has 7 heteroatoms. The van der Waals surface area contributed by atoms with Crippen LogP contribution in [-0.4, -0.2) is 18.5 Å². The maximum atomic E-state index is 12.3. The summed E-state index contributed by atoms with van der Waals surface area (Å²) in [6.07, 6.45) is 1.21. The van der Waals surface area contributed by atoms with Gasteiger partial charge in [-0.25, -0.2) is 4.79 Å². The van der Waals surface area contributed by atoms with Crippen LogP contribution in [-0.2, 0) is 16.1 Å². The number of nitrogens with one attached hydrogen (secondary N) is 1. The van der Waals surface area contributed by atoms with Crippen molar-refractivity contribution >= 4 is 23.5 Å². The standard InChI is InChI=1S/C22H26ClNO5/c1-6-27-21(25)10-15(5)24-22(26)19-8-7-16(29-19)12-28-20-9-14(4)18(23)11-17(20)13(2)3/h7-11,13H,6,12H2,1-5H3,(H,24,26)/b15-10+. The summed E-state index contributed by atoms with van der Waals surface area (Å²) in [6, 6.07) is 7.05. The van der Waals surface area contributed by atoms with Crippen molar-refractivity contribution in [1.82, 2.24) is 5.32 Å². The van der Waals surface area contributed by atoms with E-state index in [9.17, 15) is 9.59 Å². The quantitative estimate of drug-likeness (QED) is 0.473. The average molecular weight is 420 g/mol. The lowest BCUT2D eigenvalue weighted by Gasteiger charge is -2.15. The molecule has 0 fully saturated rings. The zero-order valence-electron chi connectivity index (χ0n) is 17.3. The topological polar surface area (TPSA) is 77.8 Å². The van der Waals surface area contributed by atoms with Gasteiger partial charge in [0.1, 0.15) is 18.1 Å². The number of rotatable bonds is 8. The van der Waals surface area contributed by atoms with E-state index in [4.69, 9.17) is 25.5 Å². The molecule has 0 radical (unpaired) electrons. The minimum atomic E-state index is -0.516. The van der Waals surface area contributed by atoms with Gasteiger partial charge in [-0.2, -0.15) is 0 Å². The average Bonchev–Trinajstić information content (AvgIpc) is 3.11. The molecule has 1 N–H and O–H groups in total. The molecule has 0 aliphatic carbocycles. The molecule has 2 aromatic rings. The number of carbonyl (C=O) groups is 2. The highest BCUT2D eigenvalue weighted by Crippen LogP contribution is 2.32. The van der Waals surface area contributed by atoms with E-state index in [1.165, 1.54) is 6.08 Å². The van der Waals surface area contributed by atoms with Gasteiger partial charge in [-0.3, -0.25) is 4.79 Å². The summed E-state index contributed by atoms with van der Waals surface area (Å²) in [5.74, 6) is 0.631. The predicted molar refractivity (Wildman–Crippen MR) is 111 cm³/mol. The van der Waals surface area contributed by atoms with Gasteiger partial charge >= 0.3 is 5.97 Å². The number of hydrogen-bond donors (Lipinski definition) is 1. The van der Waals surface area contributed by atoms with E-state index in [0.29, 0.717) is 16.5 Å². The van der Waals surface area contributed by atoms with E-state index in [2.05, 4.69) is 19.2 Å². The predicted octanol–water partition coefficient (Wildman–Crippen LogP) is 5.14. The molecule has 1 amide bonds. The fourth-order valence-corrected chi connectivity index (χ4v) is 2.78. The Bertz CT molecular complexity index is 914. The Hall–Kier alpha value is -2.73. The summed E-state index contributed by atoms with van der Waals surface area (Å²) in [5.41, 5.74) is 2.29. The van der Waals surface area contributed by atoms with Crippen LogP contribution in [0.15, 0.2) is 40.5 Å². The van der Waals surface area contributed by atoms with Gasteiger partial charge in [-0.05, 0) is 62.1 Å². The van der Waals surface area contributed by atoms with Gasteiger partial charge in [0.2, 0.25) is 0 Å². The van der Waals surface area contributed by atoms with Crippen LogP contribution >= 0.6 is 11.6 Å². The molecule has 0 atom stereocenters. The first-order valence-electron chi connectivity index (χ1n) is 9.39. The molecular weight excluding hydrogens is 394 g/mol. The second-order valence-corrected chi connectivity index (χ2v) is 7.29. The second-order valence-electron chi connectivity index (χ2n) is 6.88. The maximum Gasteiger partial charge on any atom is 0.332 e. The molecule has 6 nitrogen and oxygen atoms in total. The molecule has 1 aromatic heterocycles. The van der Waals surface area contributed by atoms with Crippen LogP contribution in [0.1, 0.15) is 61.1 Å². The molecule has 0 saturated carbocycles. The van der Waals surface area contributed by atoms with Crippen LogP contribution < -0.4 is 10.1 Å². The summed E-state index contributed by atoms with van der Waals surface area (Å²) in [7, 11) is 0. The van der Waals surface area contributed by atoms with E-state index in [1.807, 2.05) is 19.1 Å². The molecule has 0 aliphatic rings. The van der Waals surface area contributed by atoms with Gasteiger partial charge in [0.05, 0.1) is 6.61 Å². The first-order valence-corrected chi connectivity index (χ1v) is 9.77. The molecule has 0 bridgehead atoms. The highest BCUT2D eigenvalue weighted by molar-refractivity contribution is 6.31. The number of hydrogen-bond acceptors (Lipinski definition) is 5. The zero-order chi connectivity index (χ0) is 21.6. The van der Waals surface area contributed by atoms with Crippen molar-refractivity contribution in [3.05, 3.63) is 63.7 Å². The Kier molecular flexibility index (Phi) is 7.91. The zero-order valence-corrected chi connectivity index (χ0v) is 18.1. The number of furan rings is 1. The Morgan fingerprint density at radius 1 is 1.28 bits per heavy atom. The van der Waals surface area contributed by atoms with E-state index in [1.54, 1.807) is 26.0 Å². The molecule has 1 heterocycles. The van der Waals surface area contributed by atoms with Gasteiger partial charge in [-0.1, -0.05) is 25.4 Å². The number of aryl methyl sites for hydroxylation is 1. The summed E-state index contributed by atoms with van der Waals surface area (Å²) >= 11 is 6.22. The van der Waals surface area contributed by atoms with Crippen molar-refractivity contribution in [3.63, 3.8) is 0 Å². The van der Waals surface area contributed by atoms with Crippen LogP contribution in [0.4, 0.5) is 0 Å². The molecule has 2 rings (SSSR count). The molecule has 0 unspecified atom stereocenters. The van der Waals surface area contributed by atoms with Crippen molar-refractivity contribution in [2.24, 2.45) is 0 Å². The van der Waals surface area contributed by atoms with E-state index >= 15 is 0 Å². The van der Waals surface area contributed by atoms with Gasteiger partial charge in [0.25, 0.3) is 5.91 Å². The highest BCUT2D eigenvalue weighted by atomic mass is 35.5. The van der Waals surface area contributed by atoms with Crippen LogP contribution in [0.5, 0.6) is 5.75 Å². The van der Waals surface area contributed by atoms with Crippen molar-refractivity contribution in [2.75, 3.05) is 6.61 Å². The number of halogens is 1. The number of ether oxygens (including phenoxy) is 2. The third-order valence-corrected chi connectivity index (χ3v) is 4.51. The van der Waals surface area contributed by atoms with E-state index in [-0.39, 0.29) is 24.9 Å². The summed E-state index contributed by atoms with van der Waals surface area (Å²) < 4.78 is 16.3. The van der Waals surface area contributed by atoms with Crippen molar-refractivity contribution < 1.29 is 23.5 Å². The van der Waals surface area contributed by atoms with Crippen LogP contribution in [0.2, 0.25) is 5.02 Å². The number of amides is 1. The van der Waals surface area contributed by atoms with Crippen molar-refractivity contribution in [2.45, 2.75) is 47.1 Å². The summed E-state index contributed by atoms with van der Waals surface area (Å²) in [6.45, 7) is 9.79. The molecule has 156 valence electrons. The van der Waals surface area contributed by atoms with Crippen LogP contribution in [0.25, 0.3) is 0 Å². The van der Waals surface area contributed by atoms with Gasteiger partial charge in [0, 0.05) is 16.8 Å². The Labute approximate surface area is 175 Å². The van der Waals surface area contributed by atoms with Crippen molar-refractivity contribution in [1.29, 1.82) is 0 Å². The molecular formula is C22H26ClNO5. The van der Waals surface area contributed by atoms with Crippen LogP contribution in [0.3, 0.4) is 0 Å². The Morgan fingerprint density at radius 3 is 2.66 bits per heavy atom. The van der Waals surface area contributed by atoms with Crippen molar-refractivity contribution in [3.8, 4) is 5.75 Å². The lowest BCUT2D eigenvalue weighted by atomic mass is 10.0. The molecule has 0 saturated heterocycles. The minimum absolute atomic E-state index is 0.122. The SMILES string of the molecule is CCOC(=O)/C=C(\C)NC(=O)c1ccc(COc2cc(C)c(Cl)cc2C(C)C)o1. The largest absolute Gasteiger partial charge is 0.485 e. The number of allylic oxidation sites excluding steroid dienone is 1. The third-order valence-electron chi connectivity index (χ3n) is 4.10. The normalized spacial score (nSPS) is 11.5. The fourth-order valence-electron chi connectivity index (χ4n) is 2.61. The monoisotopic (exact) mass is 419 g/mol. The van der Waals surface area contributed by atoms with E-state index < -0.39 is 11.9 Å². The van der Waals surface area contributed by atoms with E-state index in [0.717, 1.165) is 16.9 Å². The summed E-state index contributed by atoms with van der Waals surface area (Å²) in [4.78, 5) is 23.7.